The number of carbonyl (C=O) groups is 4. The first kappa shape index (κ1) is 19.1. The molecule has 0 radical (unpaired) electrons. The molecule has 2 amide bonds. The number of nitrogens with zero attached hydrogens (tertiary/aromatic N) is 1. The topological polar surface area (TPSA) is 96.5 Å². The van der Waals surface area contributed by atoms with Crippen molar-refractivity contribution in [3.8, 4) is 0 Å². The van der Waals surface area contributed by atoms with Crippen molar-refractivity contribution in [2.45, 2.75) is 13.8 Å². The molecule has 9 heteroatoms. The Kier molecular flexibility index (Phi) is 4.84. The van der Waals surface area contributed by atoms with Crippen LogP contribution in [0.15, 0.2) is 12.1 Å². The molecule has 0 unspecified atom stereocenters. The number of imide groups is 1. The Morgan fingerprint density at radius 1 is 1.07 bits per heavy atom. The molecule has 3 rings (SSSR count). The highest BCUT2D eigenvalue weighted by Crippen LogP contribution is 2.31. The average Bonchev–Trinajstić information content (AvgIpc) is 3.04. The van der Waals surface area contributed by atoms with E-state index < -0.39 is 30.1 Å². The van der Waals surface area contributed by atoms with Crippen LogP contribution in [0.25, 0.3) is 0 Å². The molecule has 0 bridgehead atoms. The van der Waals surface area contributed by atoms with Crippen molar-refractivity contribution in [1.29, 1.82) is 0 Å². The fourth-order valence-electron chi connectivity index (χ4n) is 3.09. The van der Waals surface area contributed by atoms with Crippen molar-refractivity contribution in [2.75, 3.05) is 13.7 Å². The number of nitrogens with one attached hydrogen (secondary N) is 1. The SMILES string of the molecule is COC(=O)c1c(C)[nH]c(C(=O)CN2C(=O)c3cc(Cl)c(Cl)cc3C2=O)c1C. The molecule has 1 aromatic carbocycles. The molecule has 0 atom stereocenters. The van der Waals surface area contributed by atoms with Crippen molar-refractivity contribution < 1.29 is 23.9 Å². The molecule has 0 fully saturated rings. The molecule has 2 aromatic rings. The largest absolute Gasteiger partial charge is 0.465 e. The van der Waals surface area contributed by atoms with Crippen LogP contribution < -0.4 is 0 Å². The molecule has 0 saturated carbocycles. The summed E-state index contributed by atoms with van der Waals surface area (Å²) in [6.07, 6.45) is 0. The predicted octanol–water partition coefficient (Wildman–Crippen LogP) is 3.20. The van der Waals surface area contributed by atoms with Crippen LogP contribution >= 0.6 is 23.2 Å². The number of halogens is 2. The van der Waals surface area contributed by atoms with E-state index in [1.54, 1.807) is 13.8 Å². The van der Waals surface area contributed by atoms with Crippen molar-refractivity contribution in [1.82, 2.24) is 9.88 Å². The van der Waals surface area contributed by atoms with E-state index in [1.165, 1.54) is 19.2 Å². The molecule has 1 N–H and O–H groups in total. The fourth-order valence-corrected chi connectivity index (χ4v) is 3.41. The minimum atomic E-state index is -0.629. The van der Waals surface area contributed by atoms with E-state index in [2.05, 4.69) is 4.98 Å². The number of hydrogen-bond donors (Lipinski definition) is 1. The number of ketones is 1. The highest BCUT2D eigenvalue weighted by Gasteiger charge is 2.38. The number of fused-ring (bicyclic) bond motifs is 1. The Morgan fingerprint density at radius 3 is 2.07 bits per heavy atom. The third-order valence-corrected chi connectivity index (χ3v) is 5.14. The summed E-state index contributed by atoms with van der Waals surface area (Å²) in [4.78, 5) is 53.2. The number of H-pyrrole nitrogens is 1. The zero-order chi connectivity index (χ0) is 20.0. The Bertz CT molecular complexity index is 984. The normalized spacial score (nSPS) is 13.1. The maximum absolute atomic E-state index is 12.7. The van der Waals surface area contributed by atoms with Crippen LogP contribution in [0, 0.1) is 13.8 Å². The van der Waals surface area contributed by atoms with Gasteiger partial charge in [0.05, 0.1) is 46.1 Å². The van der Waals surface area contributed by atoms with Gasteiger partial charge in [-0.05, 0) is 31.5 Å². The number of Topliss-reactive ketones (excluding diaryl/α,β-unsaturated/α-hetero) is 1. The van der Waals surface area contributed by atoms with Crippen molar-refractivity contribution in [3.63, 3.8) is 0 Å². The minimum Gasteiger partial charge on any atom is -0.465 e. The summed E-state index contributed by atoms with van der Waals surface area (Å²) in [7, 11) is 1.24. The summed E-state index contributed by atoms with van der Waals surface area (Å²) in [6, 6.07) is 2.62. The van der Waals surface area contributed by atoms with Gasteiger partial charge in [0, 0.05) is 5.69 Å². The Balaban J connectivity index is 1.91. The molecule has 7 nitrogen and oxygen atoms in total. The highest BCUT2D eigenvalue weighted by molar-refractivity contribution is 6.43. The maximum atomic E-state index is 12.7. The molecule has 1 aliphatic heterocycles. The van der Waals surface area contributed by atoms with Gasteiger partial charge in [0.15, 0.2) is 5.78 Å². The number of aryl methyl sites for hydroxylation is 1. The Hall–Kier alpha value is -2.64. The van der Waals surface area contributed by atoms with Gasteiger partial charge in [0.2, 0.25) is 0 Å². The minimum absolute atomic E-state index is 0.0943. The molecule has 27 heavy (non-hydrogen) atoms. The lowest BCUT2D eigenvalue weighted by atomic mass is 10.1. The summed E-state index contributed by atoms with van der Waals surface area (Å²) < 4.78 is 4.71. The smallest absolute Gasteiger partial charge is 0.339 e. The second kappa shape index (κ2) is 6.83. The lowest BCUT2D eigenvalue weighted by Crippen LogP contribution is -2.35. The summed E-state index contributed by atoms with van der Waals surface area (Å²) >= 11 is 11.8. The number of aromatic amines is 1. The summed E-state index contributed by atoms with van der Waals surface area (Å²) in [6.45, 7) is 2.73. The Morgan fingerprint density at radius 2 is 1.59 bits per heavy atom. The van der Waals surface area contributed by atoms with Crippen LogP contribution in [-0.4, -0.2) is 47.1 Å². The van der Waals surface area contributed by atoms with E-state index >= 15 is 0 Å². The van der Waals surface area contributed by atoms with E-state index in [-0.39, 0.29) is 32.4 Å². The van der Waals surface area contributed by atoms with Crippen molar-refractivity contribution >= 4 is 46.8 Å². The lowest BCUT2D eigenvalue weighted by Gasteiger charge is -2.12. The molecule has 1 aromatic heterocycles. The third-order valence-electron chi connectivity index (χ3n) is 4.42. The van der Waals surface area contributed by atoms with E-state index in [0.717, 1.165) is 4.90 Å². The van der Waals surface area contributed by atoms with Crippen molar-refractivity contribution in [2.24, 2.45) is 0 Å². The van der Waals surface area contributed by atoms with E-state index in [4.69, 9.17) is 27.9 Å². The van der Waals surface area contributed by atoms with Crippen LogP contribution in [0.5, 0.6) is 0 Å². The number of hydrogen-bond acceptors (Lipinski definition) is 5. The first-order valence-electron chi connectivity index (χ1n) is 7.83. The number of esters is 1. The van der Waals surface area contributed by atoms with E-state index in [9.17, 15) is 19.2 Å². The van der Waals surface area contributed by atoms with Crippen LogP contribution in [0.1, 0.15) is 52.8 Å². The second-order valence-corrected chi connectivity index (χ2v) is 6.86. The molecule has 1 aliphatic rings. The first-order chi connectivity index (χ1) is 12.7. The number of rotatable bonds is 4. The molecule has 140 valence electrons. The summed E-state index contributed by atoms with van der Waals surface area (Å²) in [5.41, 5.74) is 1.44. The van der Waals surface area contributed by atoms with Crippen LogP contribution in [0.4, 0.5) is 0 Å². The predicted molar refractivity (Wildman–Crippen MR) is 97.8 cm³/mol. The molecule has 0 spiro atoms. The molecule has 0 aliphatic carbocycles. The quantitative estimate of drug-likeness (QED) is 0.475. The van der Waals surface area contributed by atoms with E-state index in [1.807, 2.05) is 0 Å². The zero-order valence-corrected chi connectivity index (χ0v) is 16.1. The third kappa shape index (κ3) is 3.02. The first-order valence-corrected chi connectivity index (χ1v) is 8.58. The second-order valence-electron chi connectivity index (χ2n) is 6.05. The number of amides is 2. The lowest BCUT2D eigenvalue weighted by molar-refractivity contribution is 0.0595. The Labute approximate surface area is 164 Å². The van der Waals surface area contributed by atoms with Gasteiger partial charge in [-0.2, -0.15) is 0 Å². The molecule has 2 heterocycles. The monoisotopic (exact) mass is 408 g/mol. The number of carbonyl (C=O) groups excluding carboxylic acids is 4. The fraction of sp³-hybridized carbons (Fsp3) is 0.222. The van der Waals surface area contributed by atoms with Gasteiger partial charge in [-0.1, -0.05) is 23.2 Å². The summed E-state index contributed by atoms with van der Waals surface area (Å²) in [5, 5.41) is 0.284. The van der Waals surface area contributed by atoms with Crippen LogP contribution in [0.2, 0.25) is 10.0 Å². The number of ether oxygens (including phenoxy) is 1. The van der Waals surface area contributed by atoms with Gasteiger partial charge in [-0.25, -0.2) is 4.79 Å². The van der Waals surface area contributed by atoms with Gasteiger partial charge in [0.25, 0.3) is 11.8 Å². The van der Waals surface area contributed by atoms with Gasteiger partial charge in [-0.15, -0.1) is 0 Å². The number of aromatic nitrogens is 1. The van der Waals surface area contributed by atoms with Crippen molar-refractivity contribution in [3.05, 3.63) is 55.8 Å². The number of benzene rings is 1. The average molecular weight is 409 g/mol. The van der Waals surface area contributed by atoms with Crippen LogP contribution in [0.3, 0.4) is 0 Å². The zero-order valence-electron chi connectivity index (χ0n) is 14.6. The highest BCUT2D eigenvalue weighted by atomic mass is 35.5. The van der Waals surface area contributed by atoms with Gasteiger partial charge in [0.1, 0.15) is 0 Å². The van der Waals surface area contributed by atoms with Gasteiger partial charge in [-0.3, -0.25) is 19.3 Å². The maximum Gasteiger partial charge on any atom is 0.339 e. The molecular formula is C18H14Cl2N2O5. The van der Waals surface area contributed by atoms with E-state index in [0.29, 0.717) is 11.3 Å². The standard InChI is InChI=1S/C18H14Cl2N2O5/c1-7-14(18(26)27-3)8(2)21-15(7)13(23)6-22-16(24)9-4-11(19)12(20)5-10(9)17(22)25/h4-5,21H,6H2,1-3H3. The number of methoxy groups -OCH3 is 1. The molecular weight excluding hydrogens is 395 g/mol. The van der Waals surface area contributed by atoms with Crippen LogP contribution in [-0.2, 0) is 4.74 Å². The van der Waals surface area contributed by atoms with Gasteiger partial charge < -0.3 is 9.72 Å². The molecule has 0 saturated heterocycles. The van der Waals surface area contributed by atoms with Gasteiger partial charge >= 0.3 is 5.97 Å². The summed E-state index contributed by atoms with van der Waals surface area (Å²) in [5.74, 6) is -2.35.